The summed E-state index contributed by atoms with van der Waals surface area (Å²) in [5, 5.41) is 11.7. The molecule has 0 aliphatic heterocycles. The van der Waals surface area contributed by atoms with E-state index in [2.05, 4.69) is 48.2 Å². The number of ether oxygens (including phenoxy) is 2. The maximum atomic E-state index is 5.56. The van der Waals surface area contributed by atoms with Crippen LogP contribution in [0.25, 0.3) is 11.4 Å². The van der Waals surface area contributed by atoms with Gasteiger partial charge in [-0.3, -0.25) is 0 Å². The molecule has 0 aliphatic carbocycles. The first-order chi connectivity index (χ1) is 13.8. The predicted molar refractivity (Wildman–Crippen MR) is 119 cm³/mol. The Morgan fingerprint density at radius 2 is 1.86 bits per heavy atom. The first-order valence-electron chi connectivity index (χ1n) is 9.47. The highest BCUT2D eigenvalue weighted by atomic mass is 32.1. The van der Waals surface area contributed by atoms with Crippen molar-refractivity contribution >= 4 is 18.4 Å². The van der Waals surface area contributed by atoms with Gasteiger partial charge in [0.05, 0.1) is 19.9 Å². The molecule has 0 radical (unpaired) electrons. The van der Waals surface area contributed by atoms with Crippen LogP contribution in [0.5, 0.6) is 11.5 Å². The number of methoxy groups -OCH3 is 1. The summed E-state index contributed by atoms with van der Waals surface area (Å²) in [6.07, 6.45) is 1.72. The van der Waals surface area contributed by atoms with E-state index in [1.165, 1.54) is 5.56 Å². The van der Waals surface area contributed by atoms with E-state index in [-0.39, 0.29) is 5.41 Å². The largest absolute Gasteiger partial charge is 0.493 e. The summed E-state index contributed by atoms with van der Waals surface area (Å²) in [6, 6.07) is 13.9. The Kier molecular flexibility index (Phi) is 6.17. The van der Waals surface area contributed by atoms with Gasteiger partial charge in [-0.15, -0.1) is 0 Å². The molecule has 0 aliphatic rings. The fourth-order valence-electron chi connectivity index (χ4n) is 2.87. The predicted octanol–water partition coefficient (Wildman–Crippen LogP) is 5.19. The Balaban J connectivity index is 1.91. The third-order valence-electron chi connectivity index (χ3n) is 4.47. The minimum atomic E-state index is 0.0914. The van der Waals surface area contributed by atoms with Gasteiger partial charge in [0, 0.05) is 5.56 Å². The number of benzene rings is 2. The lowest BCUT2D eigenvalue weighted by molar-refractivity contribution is 0.311. The zero-order chi connectivity index (χ0) is 21.0. The normalized spacial score (nSPS) is 11.8. The van der Waals surface area contributed by atoms with Crippen molar-refractivity contribution in [2.45, 2.75) is 33.1 Å². The van der Waals surface area contributed by atoms with Crippen LogP contribution in [0.15, 0.2) is 47.6 Å². The molecule has 0 atom stereocenters. The van der Waals surface area contributed by atoms with Gasteiger partial charge in [-0.2, -0.15) is 14.9 Å². The van der Waals surface area contributed by atoms with E-state index in [9.17, 15) is 0 Å². The number of aromatic amines is 1. The first kappa shape index (κ1) is 20.8. The van der Waals surface area contributed by atoms with E-state index in [1.54, 1.807) is 18.0 Å². The fraction of sp³-hybridized carbons (Fsp3) is 0.318. The molecule has 0 spiro atoms. The summed E-state index contributed by atoms with van der Waals surface area (Å²) in [4.78, 5) is 0. The van der Waals surface area contributed by atoms with Crippen molar-refractivity contribution < 1.29 is 9.47 Å². The zero-order valence-electron chi connectivity index (χ0n) is 17.4. The van der Waals surface area contributed by atoms with Gasteiger partial charge >= 0.3 is 0 Å². The van der Waals surface area contributed by atoms with Crippen molar-refractivity contribution in [1.29, 1.82) is 0 Å². The summed E-state index contributed by atoms with van der Waals surface area (Å²) in [5.41, 5.74) is 3.15. The third kappa shape index (κ3) is 4.74. The quantitative estimate of drug-likeness (QED) is 0.448. The Labute approximate surface area is 176 Å². The molecule has 7 heteroatoms. The zero-order valence-corrected chi connectivity index (χ0v) is 18.2. The van der Waals surface area contributed by atoms with Gasteiger partial charge in [0.25, 0.3) is 0 Å². The van der Waals surface area contributed by atoms with Crippen molar-refractivity contribution in [3.05, 3.63) is 58.4 Å². The number of rotatable bonds is 6. The van der Waals surface area contributed by atoms with Crippen LogP contribution in [0.4, 0.5) is 0 Å². The molecular weight excluding hydrogens is 384 g/mol. The monoisotopic (exact) mass is 410 g/mol. The number of aromatic nitrogens is 3. The molecule has 0 saturated heterocycles. The van der Waals surface area contributed by atoms with E-state index in [0.717, 1.165) is 11.1 Å². The lowest BCUT2D eigenvalue weighted by Crippen LogP contribution is -2.10. The van der Waals surface area contributed by atoms with E-state index in [0.29, 0.717) is 28.7 Å². The molecule has 6 nitrogen and oxygen atoms in total. The molecule has 29 heavy (non-hydrogen) atoms. The second kappa shape index (κ2) is 8.61. The van der Waals surface area contributed by atoms with Crippen molar-refractivity contribution in [2.75, 3.05) is 13.7 Å². The summed E-state index contributed by atoms with van der Waals surface area (Å²) in [7, 11) is 1.62. The number of nitrogens with one attached hydrogen (secondary N) is 1. The maximum absolute atomic E-state index is 5.56. The summed E-state index contributed by atoms with van der Waals surface area (Å²) in [5.74, 6) is 2.01. The molecule has 0 fully saturated rings. The van der Waals surface area contributed by atoms with E-state index in [1.807, 2.05) is 37.3 Å². The third-order valence-corrected chi connectivity index (χ3v) is 4.73. The Hall–Kier alpha value is -2.93. The van der Waals surface area contributed by atoms with Crippen LogP contribution in [0.1, 0.15) is 38.8 Å². The highest BCUT2D eigenvalue weighted by Crippen LogP contribution is 2.28. The topological polar surface area (TPSA) is 64.4 Å². The number of hydrogen-bond donors (Lipinski definition) is 1. The van der Waals surface area contributed by atoms with Crippen LogP contribution in [-0.4, -0.2) is 34.8 Å². The number of nitrogens with zero attached hydrogens (tertiary/aromatic N) is 3. The number of hydrogen-bond acceptors (Lipinski definition) is 5. The molecule has 2 aromatic carbocycles. The Bertz CT molecular complexity index is 1060. The molecule has 1 N–H and O–H groups in total. The molecule has 0 unspecified atom stereocenters. The average Bonchev–Trinajstić information content (AvgIpc) is 3.07. The second-order valence-corrected chi connectivity index (χ2v) is 7.97. The molecule has 152 valence electrons. The summed E-state index contributed by atoms with van der Waals surface area (Å²) >= 11 is 5.36. The lowest BCUT2D eigenvalue weighted by atomic mass is 9.87. The van der Waals surface area contributed by atoms with Gasteiger partial charge in [0.1, 0.15) is 0 Å². The molecule has 3 rings (SSSR count). The molecular formula is C22H26N4O2S. The van der Waals surface area contributed by atoms with Gasteiger partial charge in [0.15, 0.2) is 17.3 Å². The SMILES string of the molecule is CCOc1ccc(/C=N\n2c(-c3ccc(C(C)(C)C)cc3)n[nH]c2=S)cc1OC. The van der Waals surface area contributed by atoms with Gasteiger partial charge in [-0.1, -0.05) is 45.0 Å². The van der Waals surface area contributed by atoms with Crippen molar-refractivity contribution in [2.24, 2.45) is 5.10 Å². The van der Waals surface area contributed by atoms with E-state index >= 15 is 0 Å². The van der Waals surface area contributed by atoms with Crippen molar-refractivity contribution in [3.63, 3.8) is 0 Å². The van der Waals surface area contributed by atoms with Gasteiger partial charge < -0.3 is 9.47 Å². The van der Waals surface area contributed by atoms with Crippen molar-refractivity contribution in [3.8, 4) is 22.9 Å². The lowest BCUT2D eigenvalue weighted by Gasteiger charge is -2.18. The second-order valence-electron chi connectivity index (χ2n) is 7.58. The maximum Gasteiger partial charge on any atom is 0.216 e. The van der Waals surface area contributed by atoms with Gasteiger partial charge in [-0.05, 0) is 53.9 Å². The fourth-order valence-corrected chi connectivity index (χ4v) is 3.05. The van der Waals surface area contributed by atoms with Crippen LogP contribution < -0.4 is 9.47 Å². The van der Waals surface area contributed by atoms with E-state index < -0.39 is 0 Å². The highest BCUT2D eigenvalue weighted by Gasteiger charge is 2.15. The molecule has 3 aromatic rings. The van der Waals surface area contributed by atoms with Crippen LogP contribution in [0.3, 0.4) is 0 Å². The van der Waals surface area contributed by atoms with E-state index in [4.69, 9.17) is 21.7 Å². The molecule has 0 saturated carbocycles. The minimum Gasteiger partial charge on any atom is -0.493 e. The van der Waals surface area contributed by atoms with Crippen molar-refractivity contribution in [1.82, 2.24) is 14.9 Å². The molecule has 1 aromatic heterocycles. The smallest absolute Gasteiger partial charge is 0.216 e. The Morgan fingerprint density at radius 3 is 2.48 bits per heavy atom. The average molecular weight is 411 g/mol. The molecule has 0 bridgehead atoms. The van der Waals surface area contributed by atoms with Gasteiger partial charge in [-0.25, -0.2) is 5.10 Å². The highest BCUT2D eigenvalue weighted by molar-refractivity contribution is 7.71. The van der Waals surface area contributed by atoms with Gasteiger partial charge in [0.2, 0.25) is 4.77 Å². The molecule has 0 amide bonds. The summed E-state index contributed by atoms with van der Waals surface area (Å²) in [6.45, 7) is 9.07. The van der Waals surface area contributed by atoms with Crippen LogP contribution in [-0.2, 0) is 5.41 Å². The number of H-pyrrole nitrogens is 1. The van der Waals surface area contributed by atoms with Crippen LogP contribution in [0.2, 0.25) is 0 Å². The minimum absolute atomic E-state index is 0.0914. The first-order valence-corrected chi connectivity index (χ1v) is 9.88. The summed E-state index contributed by atoms with van der Waals surface area (Å²) < 4.78 is 13.0. The standard InChI is InChI=1S/C22H26N4O2S/c1-6-28-18-12-7-15(13-19(18)27-5)14-23-26-20(24-25-21(26)29)16-8-10-17(11-9-16)22(2,3)4/h7-14H,6H2,1-5H3,(H,25,29)/b23-14-. The van der Waals surface area contributed by atoms with Crippen LogP contribution in [0, 0.1) is 4.77 Å². The Morgan fingerprint density at radius 1 is 1.14 bits per heavy atom. The molecule has 1 heterocycles. The van der Waals surface area contributed by atoms with Crippen LogP contribution >= 0.6 is 12.2 Å².